The number of thiophene rings is 2. The van der Waals surface area contributed by atoms with Gasteiger partial charge in [0.1, 0.15) is 11.5 Å². The molecule has 0 fully saturated rings. The SMILES string of the molecule is COc1cc(OC)cc(C(N)c2cc3sccc3s2)c1. The monoisotopic (exact) mass is 305 g/mol. The maximum atomic E-state index is 6.39. The molecule has 0 aliphatic carbocycles. The van der Waals surface area contributed by atoms with Crippen molar-refractivity contribution in [3.05, 3.63) is 46.2 Å². The minimum absolute atomic E-state index is 0.163. The van der Waals surface area contributed by atoms with Gasteiger partial charge in [-0.3, -0.25) is 0 Å². The predicted octanol–water partition coefficient (Wildman–Crippen LogP) is 4.03. The third-order valence-corrected chi connectivity index (χ3v) is 5.37. The second kappa shape index (κ2) is 5.44. The number of hydrogen-bond donors (Lipinski definition) is 1. The average molecular weight is 305 g/mol. The van der Waals surface area contributed by atoms with Gasteiger partial charge in [0.2, 0.25) is 0 Å². The molecule has 1 unspecified atom stereocenters. The van der Waals surface area contributed by atoms with Crippen molar-refractivity contribution in [3.63, 3.8) is 0 Å². The molecule has 20 heavy (non-hydrogen) atoms. The summed E-state index contributed by atoms with van der Waals surface area (Å²) >= 11 is 3.48. The second-order valence-electron chi connectivity index (χ2n) is 4.42. The molecule has 2 heterocycles. The molecule has 2 aromatic heterocycles. The molecule has 0 amide bonds. The number of ether oxygens (including phenoxy) is 2. The molecular weight excluding hydrogens is 290 g/mol. The molecule has 0 saturated heterocycles. The average Bonchev–Trinajstić information content (AvgIpc) is 3.07. The van der Waals surface area contributed by atoms with Gasteiger partial charge in [-0.25, -0.2) is 0 Å². The van der Waals surface area contributed by atoms with E-state index >= 15 is 0 Å². The summed E-state index contributed by atoms with van der Waals surface area (Å²) < 4.78 is 13.2. The molecule has 5 heteroatoms. The van der Waals surface area contributed by atoms with Crippen molar-refractivity contribution >= 4 is 32.1 Å². The molecule has 0 bridgehead atoms. The molecule has 0 aliphatic rings. The van der Waals surface area contributed by atoms with Crippen LogP contribution in [0.5, 0.6) is 11.5 Å². The summed E-state index contributed by atoms with van der Waals surface area (Å²) in [5, 5.41) is 2.10. The van der Waals surface area contributed by atoms with Crippen molar-refractivity contribution in [1.29, 1.82) is 0 Å². The molecule has 0 spiro atoms. The number of fused-ring (bicyclic) bond motifs is 1. The van der Waals surface area contributed by atoms with Crippen LogP contribution < -0.4 is 15.2 Å². The Balaban J connectivity index is 2.00. The summed E-state index contributed by atoms with van der Waals surface area (Å²) in [7, 11) is 3.29. The van der Waals surface area contributed by atoms with Gasteiger partial charge in [0.05, 0.1) is 20.3 Å². The third-order valence-electron chi connectivity index (χ3n) is 3.20. The smallest absolute Gasteiger partial charge is 0.122 e. The molecule has 1 aromatic carbocycles. The van der Waals surface area contributed by atoms with Crippen LogP contribution in [-0.2, 0) is 0 Å². The van der Waals surface area contributed by atoms with E-state index in [1.807, 2.05) is 18.2 Å². The van der Waals surface area contributed by atoms with Crippen LogP contribution in [0.2, 0.25) is 0 Å². The first kappa shape index (κ1) is 13.4. The maximum absolute atomic E-state index is 6.39. The zero-order chi connectivity index (χ0) is 14.1. The Morgan fingerprint density at radius 1 is 1.00 bits per heavy atom. The minimum atomic E-state index is -0.163. The summed E-state index contributed by atoms with van der Waals surface area (Å²) in [4.78, 5) is 1.15. The normalized spacial score (nSPS) is 12.6. The first-order valence-corrected chi connectivity index (χ1v) is 7.86. The van der Waals surface area contributed by atoms with Crippen LogP contribution >= 0.6 is 22.7 Å². The van der Waals surface area contributed by atoms with Gasteiger partial charge < -0.3 is 15.2 Å². The lowest BCUT2D eigenvalue weighted by molar-refractivity contribution is 0.393. The van der Waals surface area contributed by atoms with E-state index in [9.17, 15) is 0 Å². The van der Waals surface area contributed by atoms with E-state index in [0.29, 0.717) is 0 Å². The Morgan fingerprint density at radius 3 is 2.30 bits per heavy atom. The van der Waals surface area contributed by atoms with Gasteiger partial charge in [-0.15, -0.1) is 22.7 Å². The molecule has 0 saturated carbocycles. The Labute approximate surface area is 125 Å². The van der Waals surface area contributed by atoms with E-state index in [0.717, 1.165) is 21.9 Å². The zero-order valence-electron chi connectivity index (χ0n) is 11.3. The highest BCUT2D eigenvalue weighted by molar-refractivity contribution is 7.27. The quantitative estimate of drug-likeness (QED) is 0.791. The van der Waals surface area contributed by atoms with Gasteiger partial charge in [0.15, 0.2) is 0 Å². The van der Waals surface area contributed by atoms with Crippen molar-refractivity contribution in [2.45, 2.75) is 6.04 Å². The highest BCUT2D eigenvalue weighted by atomic mass is 32.1. The van der Waals surface area contributed by atoms with E-state index < -0.39 is 0 Å². The standard InChI is InChI=1S/C15H15NO2S2/c1-17-10-5-9(6-11(7-10)18-2)15(16)14-8-13-12(20-14)3-4-19-13/h3-8,15H,16H2,1-2H3. The Bertz CT molecular complexity index is 682. The Kier molecular flexibility index (Phi) is 3.65. The number of nitrogens with two attached hydrogens (primary N) is 1. The van der Waals surface area contributed by atoms with Crippen molar-refractivity contribution < 1.29 is 9.47 Å². The third kappa shape index (κ3) is 2.40. The molecular formula is C15H15NO2S2. The van der Waals surface area contributed by atoms with Gasteiger partial charge in [0, 0.05) is 20.3 Å². The molecule has 1 atom stereocenters. The summed E-state index contributed by atoms with van der Waals surface area (Å²) in [5.74, 6) is 1.52. The fraction of sp³-hybridized carbons (Fsp3) is 0.200. The summed E-state index contributed by atoms with van der Waals surface area (Å²) in [5.41, 5.74) is 7.39. The van der Waals surface area contributed by atoms with Crippen molar-refractivity contribution in [1.82, 2.24) is 0 Å². The summed E-state index contributed by atoms with van der Waals surface area (Å²) in [6.07, 6.45) is 0. The van der Waals surface area contributed by atoms with E-state index in [-0.39, 0.29) is 6.04 Å². The molecule has 0 radical (unpaired) electrons. The summed E-state index contributed by atoms with van der Waals surface area (Å²) in [6.45, 7) is 0. The highest BCUT2D eigenvalue weighted by Crippen LogP contribution is 2.36. The molecule has 3 rings (SSSR count). The lowest BCUT2D eigenvalue weighted by Gasteiger charge is -2.13. The number of benzene rings is 1. The predicted molar refractivity (Wildman–Crippen MR) is 85.3 cm³/mol. The van der Waals surface area contributed by atoms with Gasteiger partial charge in [0.25, 0.3) is 0 Å². The van der Waals surface area contributed by atoms with Crippen LogP contribution in [0.25, 0.3) is 9.40 Å². The topological polar surface area (TPSA) is 44.5 Å². The van der Waals surface area contributed by atoms with Crippen LogP contribution in [0.1, 0.15) is 16.5 Å². The zero-order valence-corrected chi connectivity index (χ0v) is 12.9. The van der Waals surface area contributed by atoms with Crippen LogP contribution in [0.3, 0.4) is 0 Å². The first-order valence-electron chi connectivity index (χ1n) is 6.16. The van der Waals surface area contributed by atoms with Crippen molar-refractivity contribution in [3.8, 4) is 11.5 Å². The lowest BCUT2D eigenvalue weighted by atomic mass is 10.1. The molecule has 2 N–H and O–H groups in total. The lowest BCUT2D eigenvalue weighted by Crippen LogP contribution is -2.10. The minimum Gasteiger partial charge on any atom is -0.497 e. The number of rotatable bonds is 4. The molecule has 0 aliphatic heterocycles. The fourth-order valence-electron chi connectivity index (χ4n) is 2.11. The molecule has 3 nitrogen and oxygen atoms in total. The molecule has 3 aromatic rings. The first-order chi connectivity index (χ1) is 9.71. The van der Waals surface area contributed by atoms with Crippen molar-refractivity contribution in [2.24, 2.45) is 5.73 Å². The van der Waals surface area contributed by atoms with Crippen molar-refractivity contribution in [2.75, 3.05) is 14.2 Å². The van der Waals surface area contributed by atoms with Crippen LogP contribution in [0.4, 0.5) is 0 Å². The Morgan fingerprint density at radius 2 is 1.70 bits per heavy atom. The van der Waals surface area contributed by atoms with Gasteiger partial charge in [-0.05, 0) is 35.2 Å². The second-order valence-corrected chi connectivity index (χ2v) is 6.48. The number of hydrogen-bond acceptors (Lipinski definition) is 5. The summed E-state index contributed by atoms with van der Waals surface area (Å²) in [6, 6.07) is 9.91. The van der Waals surface area contributed by atoms with Crippen LogP contribution in [-0.4, -0.2) is 14.2 Å². The van der Waals surface area contributed by atoms with E-state index in [1.165, 1.54) is 9.40 Å². The van der Waals surface area contributed by atoms with Crippen LogP contribution in [0, 0.1) is 0 Å². The largest absolute Gasteiger partial charge is 0.497 e. The highest BCUT2D eigenvalue weighted by Gasteiger charge is 2.15. The number of methoxy groups -OCH3 is 2. The fourth-order valence-corrected chi connectivity index (χ4v) is 4.26. The molecule has 104 valence electrons. The Hall–Kier alpha value is -1.56. The van der Waals surface area contributed by atoms with Gasteiger partial charge >= 0.3 is 0 Å². The maximum Gasteiger partial charge on any atom is 0.122 e. The van der Waals surface area contributed by atoms with E-state index in [4.69, 9.17) is 15.2 Å². The van der Waals surface area contributed by atoms with Gasteiger partial charge in [-0.1, -0.05) is 0 Å². The van der Waals surface area contributed by atoms with Gasteiger partial charge in [-0.2, -0.15) is 0 Å². The van der Waals surface area contributed by atoms with E-state index in [1.54, 1.807) is 36.9 Å². The van der Waals surface area contributed by atoms with E-state index in [2.05, 4.69) is 17.5 Å². The van der Waals surface area contributed by atoms with Crippen LogP contribution in [0.15, 0.2) is 35.7 Å².